The molecule has 0 spiro atoms. The predicted octanol–water partition coefficient (Wildman–Crippen LogP) is 3.66. The van der Waals surface area contributed by atoms with Crippen LogP contribution < -0.4 is 5.56 Å². The first kappa shape index (κ1) is 19.3. The van der Waals surface area contributed by atoms with Crippen LogP contribution in [0.4, 0.5) is 0 Å². The Morgan fingerprint density at radius 2 is 2.00 bits per heavy atom. The van der Waals surface area contributed by atoms with E-state index in [1.165, 1.54) is 22.2 Å². The standard InChI is InChI=1S/C20H22N2O4S/c1-3-16(20(24)26-11-10-25-4-2)22-13-21-18-15(19(22)23)12-17(27-18)14-8-6-5-7-9-14/h5-9,12-13,16H,3-4,10-11H2,1-2H3/t16-/m1/s1. The molecular formula is C20H22N2O4S. The minimum Gasteiger partial charge on any atom is -0.462 e. The zero-order chi connectivity index (χ0) is 19.2. The van der Waals surface area contributed by atoms with Crippen molar-refractivity contribution in [1.82, 2.24) is 9.55 Å². The molecule has 3 rings (SSSR count). The Balaban J connectivity index is 1.89. The van der Waals surface area contributed by atoms with Crippen LogP contribution in [-0.4, -0.2) is 35.3 Å². The Morgan fingerprint density at radius 1 is 1.22 bits per heavy atom. The van der Waals surface area contributed by atoms with Gasteiger partial charge in [0.15, 0.2) is 0 Å². The van der Waals surface area contributed by atoms with Crippen molar-refractivity contribution >= 4 is 27.5 Å². The molecule has 0 radical (unpaired) electrons. The second-order valence-corrected chi connectivity index (χ2v) is 6.97. The predicted molar refractivity (Wildman–Crippen MR) is 106 cm³/mol. The number of nitrogens with zero attached hydrogens (tertiary/aromatic N) is 2. The number of rotatable bonds is 8. The smallest absolute Gasteiger partial charge is 0.329 e. The fraction of sp³-hybridized carbons (Fsp3) is 0.350. The molecule has 1 atom stereocenters. The number of benzene rings is 1. The molecule has 0 unspecified atom stereocenters. The molecule has 0 bridgehead atoms. The van der Waals surface area contributed by atoms with E-state index in [2.05, 4.69) is 4.98 Å². The molecule has 2 heterocycles. The highest BCUT2D eigenvalue weighted by Crippen LogP contribution is 2.30. The number of carbonyl (C=O) groups is 1. The molecule has 0 aliphatic carbocycles. The summed E-state index contributed by atoms with van der Waals surface area (Å²) in [7, 11) is 0. The largest absolute Gasteiger partial charge is 0.462 e. The lowest BCUT2D eigenvalue weighted by Gasteiger charge is -2.16. The van der Waals surface area contributed by atoms with Crippen molar-refractivity contribution in [3.63, 3.8) is 0 Å². The van der Waals surface area contributed by atoms with Crippen LogP contribution in [0.25, 0.3) is 20.7 Å². The van der Waals surface area contributed by atoms with E-state index in [0.29, 0.717) is 29.9 Å². The van der Waals surface area contributed by atoms with Crippen LogP contribution in [0.5, 0.6) is 0 Å². The molecule has 3 aromatic rings. The average Bonchev–Trinajstić information content (AvgIpc) is 3.13. The van der Waals surface area contributed by atoms with Crippen LogP contribution in [0.1, 0.15) is 26.3 Å². The number of carbonyl (C=O) groups excluding carboxylic acids is 1. The first-order valence-electron chi connectivity index (χ1n) is 8.96. The van der Waals surface area contributed by atoms with Gasteiger partial charge in [-0.2, -0.15) is 0 Å². The number of hydrogen-bond donors (Lipinski definition) is 0. The topological polar surface area (TPSA) is 70.4 Å². The number of hydrogen-bond acceptors (Lipinski definition) is 6. The average molecular weight is 386 g/mol. The lowest BCUT2D eigenvalue weighted by atomic mass is 10.2. The van der Waals surface area contributed by atoms with E-state index in [4.69, 9.17) is 9.47 Å². The third-order valence-corrected chi connectivity index (χ3v) is 5.30. The molecule has 0 N–H and O–H groups in total. The molecule has 0 aliphatic heterocycles. The summed E-state index contributed by atoms with van der Waals surface area (Å²) in [4.78, 5) is 31.4. The van der Waals surface area contributed by atoms with Crippen LogP contribution in [0.15, 0.2) is 47.5 Å². The third kappa shape index (κ3) is 4.26. The van der Waals surface area contributed by atoms with Gasteiger partial charge in [0, 0.05) is 11.5 Å². The number of fused-ring (bicyclic) bond motifs is 1. The molecule has 1 aromatic carbocycles. The van der Waals surface area contributed by atoms with Crippen LogP contribution in [-0.2, 0) is 14.3 Å². The van der Waals surface area contributed by atoms with E-state index in [-0.39, 0.29) is 12.2 Å². The van der Waals surface area contributed by atoms with Gasteiger partial charge >= 0.3 is 5.97 Å². The minimum atomic E-state index is -0.698. The lowest BCUT2D eigenvalue weighted by Crippen LogP contribution is -2.31. The van der Waals surface area contributed by atoms with Gasteiger partial charge in [0.25, 0.3) is 5.56 Å². The van der Waals surface area contributed by atoms with Gasteiger partial charge < -0.3 is 9.47 Å². The molecule has 0 saturated carbocycles. The second kappa shape index (κ2) is 8.92. The van der Waals surface area contributed by atoms with Crippen LogP contribution in [0.3, 0.4) is 0 Å². The van der Waals surface area contributed by atoms with E-state index in [9.17, 15) is 9.59 Å². The normalized spacial score (nSPS) is 12.2. The highest BCUT2D eigenvalue weighted by atomic mass is 32.1. The molecule has 0 amide bonds. The van der Waals surface area contributed by atoms with Gasteiger partial charge in [-0.25, -0.2) is 9.78 Å². The quantitative estimate of drug-likeness (QED) is 0.436. The number of esters is 1. The van der Waals surface area contributed by atoms with Gasteiger partial charge in [0.1, 0.15) is 17.5 Å². The van der Waals surface area contributed by atoms with Crippen molar-refractivity contribution in [3.8, 4) is 10.4 Å². The Morgan fingerprint density at radius 3 is 2.70 bits per heavy atom. The van der Waals surface area contributed by atoms with Gasteiger partial charge in [0.05, 0.1) is 18.3 Å². The zero-order valence-electron chi connectivity index (χ0n) is 15.4. The van der Waals surface area contributed by atoms with Gasteiger partial charge in [-0.05, 0) is 25.0 Å². The molecule has 27 heavy (non-hydrogen) atoms. The molecule has 0 saturated heterocycles. The summed E-state index contributed by atoms with van der Waals surface area (Å²) in [6, 6.07) is 11.0. The zero-order valence-corrected chi connectivity index (χ0v) is 16.2. The van der Waals surface area contributed by atoms with Gasteiger partial charge in [-0.1, -0.05) is 37.3 Å². The third-order valence-electron chi connectivity index (χ3n) is 4.21. The van der Waals surface area contributed by atoms with Crippen molar-refractivity contribution in [1.29, 1.82) is 0 Å². The molecule has 6 nitrogen and oxygen atoms in total. The maximum absolute atomic E-state index is 13.0. The van der Waals surface area contributed by atoms with Crippen molar-refractivity contribution in [2.45, 2.75) is 26.3 Å². The lowest BCUT2D eigenvalue weighted by molar-refractivity contribution is -0.149. The highest BCUT2D eigenvalue weighted by Gasteiger charge is 2.23. The van der Waals surface area contributed by atoms with E-state index in [1.54, 1.807) is 0 Å². The second-order valence-electron chi connectivity index (χ2n) is 5.94. The van der Waals surface area contributed by atoms with Crippen LogP contribution >= 0.6 is 11.3 Å². The summed E-state index contributed by atoms with van der Waals surface area (Å²) >= 11 is 1.46. The summed E-state index contributed by atoms with van der Waals surface area (Å²) in [5.41, 5.74) is 0.806. The Bertz CT molecular complexity index is 965. The Hall–Kier alpha value is -2.51. The van der Waals surface area contributed by atoms with Crippen molar-refractivity contribution in [3.05, 3.63) is 53.1 Å². The maximum Gasteiger partial charge on any atom is 0.329 e. The van der Waals surface area contributed by atoms with Gasteiger partial charge in [-0.15, -0.1) is 11.3 Å². The number of aromatic nitrogens is 2. The van der Waals surface area contributed by atoms with Crippen LogP contribution in [0.2, 0.25) is 0 Å². The Labute approximate surface area is 161 Å². The molecule has 2 aromatic heterocycles. The van der Waals surface area contributed by atoms with Crippen LogP contribution in [0, 0.1) is 0 Å². The molecule has 0 aliphatic rings. The molecule has 142 valence electrons. The van der Waals surface area contributed by atoms with E-state index in [1.807, 2.05) is 50.2 Å². The van der Waals surface area contributed by atoms with Crippen molar-refractivity contribution in [2.24, 2.45) is 0 Å². The van der Waals surface area contributed by atoms with Crippen molar-refractivity contribution in [2.75, 3.05) is 19.8 Å². The SMILES string of the molecule is CCOCCOC(=O)[C@@H](CC)n1cnc2sc(-c3ccccc3)cc2c1=O. The maximum atomic E-state index is 13.0. The number of ether oxygens (including phenoxy) is 2. The first-order chi connectivity index (χ1) is 13.2. The Kier molecular flexibility index (Phi) is 6.36. The summed E-state index contributed by atoms with van der Waals surface area (Å²) in [6.07, 6.45) is 1.88. The fourth-order valence-electron chi connectivity index (χ4n) is 2.82. The van der Waals surface area contributed by atoms with Gasteiger partial charge in [0.2, 0.25) is 0 Å². The van der Waals surface area contributed by atoms with Crippen molar-refractivity contribution < 1.29 is 14.3 Å². The first-order valence-corrected chi connectivity index (χ1v) is 9.77. The van der Waals surface area contributed by atoms with E-state index in [0.717, 1.165) is 10.4 Å². The summed E-state index contributed by atoms with van der Waals surface area (Å²) in [6.45, 7) is 4.80. The summed E-state index contributed by atoms with van der Waals surface area (Å²) in [5, 5.41) is 0.516. The van der Waals surface area contributed by atoms with Gasteiger partial charge in [-0.3, -0.25) is 9.36 Å². The van der Waals surface area contributed by atoms with E-state index < -0.39 is 12.0 Å². The summed E-state index contributed by atoms with van der Waals surface area (Å²) in [5.74, 6) is -0.445. The van der Waals surface area contributed by atoms with E-state index >= 15 is 0 Å². The molecule has 0 fully saturated rings. The minimum absolute atomic E-state index is 0.171. The summed E-state index contributed by atoms with van der Waals surface area (Å²) < 4.78 is 11.8. The number of thiophene rings is 1. The molecular weight excluding hydrogens is 364 g/mol. The highest BCUT2D eigenvalue weighted by molar-refractivity contribution is 7.21. The monoisotopic (exact) mass is 386 g/mol. The molecule has 7 heteroatoms. The fourth-order valence-corrected chi connectivity index (χ4v) is 3.82.